The van der Waals surface area contributed by atoms with Crippen molar-refractivity contribution in [2.45, 2.75) is 6.92 Å². The standard InChI is InChI=1S/C21H23N5O4/c1-4-6-10-17-24-16(13-26(17)3)14-8-7-9-15(11-14)19(22)25-18(27)12-23-20(28)21(29)30-5-2/h4,6-11,13H,1,5,12H2,2-3H3,(H,23,28)(H2,22,25,27)/b10-6-. The van der Waals surface area contributed by atoms with E-state index in [1.165, 1.54) is 0 Å². The summed E-state index contributed by atoms with van der Waals surface area (Å²) < 4.78 is 6.40. The predicted octanol–water partition coefficient (Wildman–Crippen LogP) is 1.20. The van der Waals surface area contributed by atoms with Gasteiger partial charge in [-0.3, -0.25) is 9.59 Å². The summed E-state index contributed by atoms with van der Waals surface area (Å²) in [7, 11) is 1.88. The van der Waals surface area contributed by atoms with Crippen LogP contribution in [0.15, 0.2) is 54.2 Å². The van der Waals surface area contributed by atoms with Crippen LogP contribution in [0.4, 0.5) is 0 Å². The third-order valence-electron chi connectivity index (χ3n) is 3.85. The molecule has 9 nitrogen and oxygen atoms in total. The SMILES string of the molecule is C=C/C=C\c1nc(-c2cccc(C(N)=NC(=O)CNC(=O)C(=O)OCC)c2)cn1C. The minimum atomic E-state index is -1.06. The van der Waals surface area contributed by atoms with Crippen LogP contribution in [-0.2, 0) is 26.2 Å². The van der Waals surface area contributed by atoms with Crippen LogP contribution < -0.4 is 11.1 Å². The molecule has 0 fully saturated rings. The Bertz CT molecular complexity index is 1020. The predicted molar refractivity (Wildman–Crippen MR) is 113 cm³/mol. The van der Waals surface area contributed by atoms with Gasteiger partial charge >= 0.3 is 11.9 Å². The van der Waals surface area contributed by atoms with Crippen molar-refractivity contribution in [3.63, 3.8) is 0 Å². The number of imidazole rings is 1. The highest BCUT2D eigenvalue weighted by Gasteiger charge is 2.15. The molecule has 1 aromatic heterocycles. The average molecular weight is 409 g/mol. The van der Waals surface area contributed by atoms with Gasteiger partial charge in [-0.15, -0.1) is 0 Å². The number of rotatable bonds is 7. The third kappa shape index (κ3) is 5.99. The number of hydrogen-bond acceptors (Lipinski definition) is 5. The zero-order chi connectivity index (χ0) is 22.1. The van der Waals surface area contributed by atoms with Gasteiger partial charge in [0.05, 0.1) is 18.8 Å². The lowest BCUT2D eigenvalue weighted by molar-refractivity contribution is -0.154. The molecule has 9 heteroatoms. The first-order chi connectivity index (χ1) is 14.3. The summed E-state index contributed by atoms with van der Waals surface area (Å²) in [6.07, 6.45) is 7.16. The molecule has 2 aromatic rings. The van der Waals surface area contributed by atoms with Crippen LogP contribution in [0.2, 0.25) is 0 Å². The lowest BCUT2D eigenvalue weighted by Crippen LogP contribution is -2.36. The quantitative estimate of drug-likeness (QED) is 0.232. The number of aromatic nitrogens is 2. The van der Waals surface area contributed by atoms with E-state index in [0.717, 1.165) is 17.1 Å². The number of nitrogens with one attached hydrogen (secondary N) is 1. The van der Waals surface area contributed by atoms with Crippen LogP contribution in [0.5, 0.6) is 0 Å². The first-order valence-corrected chi connectivity index (χ1v) is 9.11. The highest BCUT2D eigenvalue weighted by Crippen LogP contribution is 2.20. The summed E-state index contributed by atoms with van der Waals surface area (Å²) in [6, 6.07) is 7.09. The number of amidine groups is 1. The fourth-order valence-corrected chi connectivity index (χ4v) is 2.43. The fourth-order valence-electron chi connectivity index (χ4n) is 2.43. The summed E-state index contributed by atoms with van der Waals surface area (Å²) in [5, 5.41) is 2.13. The van der Waals surface area contributed by atoms with E-state index in [9.17, 15) is 14.4 Å². The molecule has 0 aliphatic heterocycles. The van der Waals surface area contributed by atoms with E-state index >= 15 is 0 Å². The molecule has 2 rings (SSSR count). The van der Waals surface area contributed by atoms with Gasteiger partial charge in [0.2, 0.25) is 0 Å². The Morgan fingerprint density at radius 2 is 2.13 bits per heavy atom. The van der Waals surface area contributed by atoms with E-state index in [2.05, 4.69) is 26.6 Å². The van der Waals surface area contributed by atoms with Gasteiger partial charge in [0, 0.05) is 24.4 Å². The number of nitrogens with two attached hydrogens (primary N) is 1. The van der Waals surface area contributed by atoms with E-state index in [1.807, 2.05) is 30.0 Å². The number of aliphatic imine (C=N–C) groups is 1. The van der Waals surface area contributed by atoms with Crippen molar-refractivity contribution in [3.8, 4) is 11.3 Å². The van der Waals surface area contributed by atoms with Crippen LogP contribution in [-0.4, -0.2) is 46.3 Å². The number of esters is 1. The Balaban J connectivity index is 2.12. The molecule has 0 spiro atoms. The number of amides is 2. The van der Waals surface area contributed by atoms with Crippen LogP contribution in [0.1, 0.15) is 18.3 Å². The monoisotopic (exact) mass is 409 g/mol. The number of carbonyl (C=O) groups excluding carboxylic acids is 3. The lowest BCUT2D eigenvalue weighted by Gasteiger charge is -2.04. The summed E-state index contributed by atoms with van der Waals surface area (Å²) in [6.45, 7) is 4.79. The molecule has 0 aliphatic carbocycles. The van der Waals surface area contributed by atoms with Gasteiger partial charge in [0.25, 0.3) is 5.91 Å². The van der Waals surface area contributed by atoms with Crippen LogP contribution >= 0.6 is 0 Å². The van der Waals surface area contributed by atoms with Crippen molar-refractivity contribution in [3.05, 3.63) is 60.6 Å². The Morgan fingerprint density at radius 3 is 2.83 bits per heavy atom. The third-order valence-corrected chi connectivity index (χ3v) is 3.85. The highest BCUT2D eigenvalue weighted by molar-refractivity contribution is 6.32. The van der Waals surface area contributed by atoms with Crippen molar-refractivity contribution in [1.82, 2.24) is 14.9 Å². The Labute approximate surface area is 174 Å². The van der Waals surface area contributed by atoms with Gasteiger partial charge in [0.15, 0.2) is 0 Å². The van der Waals surface area contributed by atoms with E-state index in [4.69, 9.17) is 5.73 Å². The van der Waals surface area contributed by atoms with Crippen molar-refractivity contribution in [2.75, 3.05) is 13.2 Å². The van der Waals surface area contributed by atoms with E-state index in [-0.39, 0.29) is 12.4 Å². The second-order valence-corrected chi connectivity index (χ2v) is 6.06. The van der Waals surface area contributed by atoms with Gasteiger partial charge in [0.1, 0.15) is 11.7 Å². The first-order valence-electron chi connectivity index (χ1n) is 9.11. The number of carbonyl (C=O) groups is 3. The van der Waals surface area contributed by atoms with Gasteiger partial charge in [-0.2, -0.15) is 4.99 Å². The molecule has 1 heterocycles. The Kier molecular flexibility index (Phi) is 7.81. The molecule has 0 atom stereocenters. The van der Waals surface area contributed by atoms with Gasteiger partial charge in [-0.25, -0.2) is 9.78 Å². The largest absolute Gasteiger partial charge is 0.459 e. The van der Waals surface area contributed by atoms with Crippen molar-refractivity contribution in [2.24, 2.45) is 17.8 Å². The molecule has 3 N–H and O–H groups in total. The van der Waals surface area contributed by atoms with Crippen LogP contribution in [0.25, 0.3) is 17.3 Å². The number of aryl methyl sites for hydroxylation is 1. The minimum Gasteiger partial charge on any atom is -0.459 e. The number of benzene rings is 1. The number of nitrogens with zero attached hydrogens (tertiary/aromatic N) is 3. The number of ether oxygens (including phenoxy) is 1. The van der Waals surface area contributed by atoms with Crippen LogP contribution in [0, 0.1) is 0 Å². The second kappa shape index (κ2) is 10.5. The van der Waals surface area contributed by atoms with Crippen molar-refractivity contribution >= 4 is 29.7 Å². The van der Waals surface area contributed by atoms with Crippen molar-refractivity contribution in [1.29, 1.82) is 0 Å². The molecular weight excluding hydrogens is 386 g/mol. The topological polar surface area (TPSA) is 129 Å². The molecule has 0 saturated carbocycles. The molecule has 0 radical (unpaired) electrons. The molecule has 0 unspecified atom stereocenters. The normalized spacial score (nSPS) is 11.3. The summed E-state index contributed by atoms with van der Waals surface area (Å²) in [4.78, 5) is 42.9. The fraction of sp³-hybridized carbons (Fsp3) is 0.190. The first kappa shape index (κ1) is 22.3. The molecular formula is C21H23N5O4. The maximum absolute atomic E-state index is 11.9. The maximum Gasteiger partial charge on any atom is 0.396 e. The zero-order valence-electron chi connectivity index (χ0n) is 16.8. The van der Waals surface area contributed by atoms with Gasteiger partial charge < -0.3 is 20.4 Å². The summed E-state index contributed by atoms with van der Waals surface area (Å²) in [5.41, 5.74) is 7.97. The van der Waals surface area contributed by atoms with E-state index in [0.29, 0.717) is 5.56 Å². The van der Waals surface area contributed by atoms with Crippen molar-refractivity contribution < 1.29 is 19.1 Å². The summed E-state index contributed by atoms with van der Waals surface area (Å²) in [5.74, 6) is -2.05. The molecule has 2 amide bonds. The number of allylic oxidation sites excluding steroid dienone is 2. The highest BCUT2D eigenvalue weighted by atomic mass is 16.5. The zero-order valence-corrected chi connectivity index (χ0v) is 16.8. The van der Waals surface area contributed by atoms with E-state index < -0.39 is 24.3 Å². The van der Waals surface area contributed by atoms with E-state index in [1.54, 1.807) is 37.3 Å². The Hall–Kier alpha value is -4.01. The number of hydrogen-bond donors (Lipinski definition) is 2. The molecule has 0 bridgehead atoms. The summed E-state index contributed by atoms with van der Waals surface area (Å²) >= 11 is 0. The smallest absolute Gasteiger partial charge is 0.396 e. The van der Waals surface area contributed by atoms with Crippen LogP contribution in [0.3, 0.4) is 0 Å². The van der Waals surface area contributed by atoms with Gasteiger partial charge in [-0.1, -0.05) is 36.9 Å². The lowest BCUT2D eigenvalue weighted by atomic mass is 10.1. The minimum absolute atomic E-state index is 0.0186. The maximum atomic E-state index is 11.9. The molecule has 30 heavy (non-hydrogen) atoms. The molecule has 1 aromatic carbocycles. The average Bonchev–Trinajstić information content (AvgIpc) is 3.11. The second-order valence-electron chi connectivity index (χ2n) is 6.06. The Morgan fingerprint density at radius 1 is 1.37 bits per heavy atom. The molecule has 156 valence electrons. The molecule has 0 saturated heterocycles. The molecule has 0 aliphatic rings. The van der Waals surface area contributed by atoms with Gasteiger partial charge in [-0.05, 0) is 19.1 Å².